The van der Waals surface area contributed by atoms with Crippen LogP contribution in [-0.4, -0.2) is 33.3 Å². The topological polar surface area (TPSA) is 53.7 Å². The fourth-order valence-corrected chi connectivity index (χ4v) is 2.31. The van der Waals surface area contributed by atoms with Gasteiger partial charge in [-0.05, 0) is 42.5 Å². The van der Waals surface area contributed by atoms with Gasteiger partial charge in [-0.1, -0.05) is 0 Å². The number of rotatable bonds is 8. The minimum Gasteiger partial charge on any atom is -0.496 e. The van der Waals surface area contributed by atoms with Crippen LogP contribution in [0.5, 0.6) is 11.5 Å². The van der Waals surface area contributed by atoms with Gasteiger partial charge in [0.1, 0.15) is 11.5 Å². The average Bonchev–Trinajstić information content (AvgIpc) is 2.43. The summed E-state index contributed by atoms with van der Waals surface area (Å²) >= 11 is 1.58. The molecule has 0 aliphatic heterocycles. The largest absolute Gasteiger partial charge is 0.496 e. The maximum absolute atomic E-state index is 5.86. The third-order valence-electron chi connectivity index (χ3n) is 2.70. The van der Waals surface area contributed by atoms with Gasteiger partial charge >= 0.3 is 0 Å². The Morgan fingerprint density at radius 1 is 1.20 bits per heavy atom. The van der Waals surface area contributed by atoms with Crippen molar-refractivity contribution in [3.05, 3.63) is 28.7 Å². The highest BCUT2D eigenvalue weighted by atomic mass is 32.2. The Balaban J connectivity index is 3.02. The molecular weight excluding hydrogens is 274 g/mol. The van der Waals surface area contributed by atoms with Gasteiger partial charge in [0.15, 0.2) is 0 Å². The highest BCUT2D eigenvalue weighted by Gasteiger charge is 2.11. The lowest BCUT2D eigenvalue weighted by Gasteiger charge is -2.14. The Kier molecular flexibility index (Phi) is 7.51. The summed E-state index contributed by atoms with van der Waals surface area (Å²) < 4.78 is 15.9. The van der Waals surface area contributed by atoms with Gasteiger partial charge in [-0.25, -0.2) is 0 Å². The van der Waals surface area contributed by atoms with Crippen molar-refractivity contribution in [1.29, 1.82) is 0 Å². The van der Waals surface area contributed by atoms with Crippen molar-refractivity contribution in [2.24, 2.45) is 5.73 Å². The zero-order chi connectivity index (χ0) is 15.0. The van der Waals surface area contributed by atoms with Crippen molar-refractivity contribution < 1.29 is 14.2 Å². The molecule has 20 heavy (non-hydrogen) atoms. The number of hydrogen-bond acceptors (Lipinski definition) is 5. The van der Waals surface area contributed by atoms with Crippen LogP contribution < -0.4 is 15.2 Å². The van der Waals surface area contributed by atoms with Gasteiger partial charge in [0.2, 0.25) is 0 Å². The van der Waals surface area contributed by atoms with E-state index in [0.717, 1.165) is 29.0 Å². The van der Waals surface area contributed by atoms with Crippen molar-refractivity contribution >= 4 is 17.8 Å². The molecular formula is C15H23NO3S. The quantitative estimate of drug-likeness (QED) is 0.590. The lowest BCUT2D eigenvalue weighted by molar-refractivity contribution is 0.259. The first-order valence-electron chi connectivity index (χ1n) is 6.40. The monoisotopic (exact) mass is 297 g/mol. The second-order valence-corrected chi connectivity index (χ2v) is 5.30. The predicted molar refractivity (Wildman–Crippen MR) is 85.4 cm³/mol. The van der Waals surface area contributed by atoms with Crippen LogP contribution in [0.3, 0.4) is 0 Å². The normalized spacial score (nSPS) is 12.7. The second-order valence-electron chi connectivity index (χ2n) is 4.46. The van der Waals surface area contributed by atoms with Gasteiger partial charge in [0, 0.05) is 18.7 Å². The summed E-state index contributed by atoms with van der Waals surface area (Å²) in [6, 6.07) is 4.04. The van der Waals surface area contributed by atoms with Crippen LogP contribution in [0.4, 0.5) is 0 Å². The number of ether oxygens (including phenoxy) is 3. The molecule has 1 rings (SSSR count). The van der Waals surface area contributed by atoms with Crippen molar-refractivity contribution in [3.8, 4) is 11.5 Å². The van der Waals surface area contributed by atoms with Crippen molar-refractivity contribution in [3.63, 3.8) is 0 Å². The highest BCUT2D eigenvalue weighted by molar-refractivity contribution is 8.02. The molecule has 0 unspecified atom stereocenters. The molecule has 0 spiro atoms. The van der Waals surface area contributed by atoms with Crippen LogP contribution >= 0.6 is 11.8 Å². The lowest BCUT2D eigenvalue weighted by atomic mass is 10.0. The minimum absolute atomic E-state index is 0.0762. The Morgan fingerprint density at radius 3 is 2.45 bits per heavy atom. The van der Waals surface area contributed by atoms with Gasteiger partial charge in [-0.2, -0.15) is 0 Å². The van der Waals surface area contributed by atoms with Crippen LogP contribution in [0, 0.1) is 0 Å². The first kappa shape index (κ1) is 16.9. The summed E-state index contributed by atoms with van der Waals surface area (Å²) in [5, 5.41) is 1.98. The maximum atomic E-state index is 5.86. The molecule has 0 saturated heterocycles. The van der Waals surface area contributed by atoms with E-state index in [1.54, 1.807) is 33.1 Å². The fourth-order valence-electron chi connectivity index (χ4n) is 1.85. The van der Waals surface area contributed by atoms with Crippen LogP contribution in [0.15, 0.2) is 17.5 Å². The van der Waals surface area contributed by atoms with Gasteiger partial charge < -0.3 is 19.9 Å². The standard InChI is InChI=1S/C15H23NO3S/c1-11(16)7-13-9-14(18-3)12(8-15(13)19-4)5-6-20-10-17-2/h5-6,8-9,11H,7,10,16H2,1-4H3/b6-5+/t11-/m1/s1. The van der Waals surface area contributed by atoms with E-state index in [-0.39, 0.29) is 6.04 Å². The molecule has 0 saturated carbocycles. The summed E-state index contributed by atoms with van der Waals surface area (Å²) in [6.07, 6.45) is 2.74. The average molecular weight is 297 g/mol. The molecule has 1 aromatic carbocycles. The number of nitrogens with two attached hydrogens (primary N) is 1. The molecule has 0 aliphatic carbocycles. The zero-order valence-corrected chi connectivity index (χ0v) is 13.3. The van der Waals surface area contributed by atoms with E-state index in [2.05, 4.69) is 0 Å². The lowest BCUT2D eigenvalue weighted by Crippen LogP contribution is -2.18. The molecule has 1 aromatic rings. The number of hydrogen-bond donors (Lipinski definition) is 1. The summed E-state index contributed by atoms with van der Waals surface area (Å²) in [5.74, 6) is 2.27. The van der Waals surface area contributed by atoms with Crippen molar-refractivity contribution in [2.45, 2.75) is 19.4 Å². The number of methoxy groups -OCH3 is 3. The highest BCUT2D eigenvalue weighted by Crippen LogP contribution is 2.31. The number of thioether (sulfide) groups is 1. The maximum Gasteiger partial charge on any atom is 0.126 e. The molecule has 0 aromatic heterocycles. The molecule has 0 radical (unpaired) electrons. The first-order valence-corrected chi connectivity index (χ1v) is 7.44. The first-order chi connectivity index (χ1) is 9.62. The van der Waals surface area contributed by atoms with Gasteiger partial charge in [-0.3, -0.25) is 0 Å². The smallest absolute Gasteiger partial charge is 0.126 e. The predicted octanol–water partition coefficient (Wildman–Crippen LogP) is 2.90. The van der Waals surface area contributed by atoms with E-state index < -0.39 is 0 Å². The number of benzene rings is 1. The molecule has 5 heteroatoms. The summed E-state index contributed by atoms with van der Waals surface area (Å²) in [6.45, 7) is 1.97. The van der Waals surface area contributed by atoms with E-state index in [9.17, 15) is 0 Å². The molecule has 0 bridgehead atoms. The Hall–Kier alpha value is -1.17. The minimum atomic E-state index is 0.0762. The van der Waals surface area contributed by atoms with E-state index >= 15 is 0 Å². The van der Waals surface area contributed by atoms with Crippen LogP contribution in [0.1, 0.15) is 18.1 Å². The molecule has 0 aliphatic rings. The second kappa shape index (κ2) is 8.89. The van der Waals surface area contributed by atoms with E-state index in [0.29, 0.717) is 5.94 Å². The fraction of sp³-hybridized carbons (Fsp3) is 0.467. The Bertz CT molecular complexity index is 447. The Morgan fingerprint density at radius 2 is 1.90 bits per heavy atom. The van der Waals surface area contributed by atoms with Crippen LogP contribution in [0.2, 0.25) is 0 Å². The van der Waals surface area contributed by atoms with E-state index in [1.165, 1.54) is 0 Å². The van der Waals surface area contributed by atoms with Gasteiger partial charge in [0.05, 0.1) is 20.2 Å². The SMILES string of the molecule is COCS/C=C/c1cc(OC)c(C[C@@H](C)N)cc1OC. The van der Waals surface area contributed by atoms with Crippen LogP contribution in [-0.2, 0) is 11.2 Å². The molecule has 112 valence electrons. The van der Waals surface area contributed by atoms with E-state index in [1.807, 2.05) is 30.5 Å². The summed E-state index contributed by atoms with van der Waals surface area (Å²) in [4.78, 5) is 0. The molecule has 0 fully saturated rings. The summed E-state index contributed by atoms with van der Waals surface area (Å²) in [7, 11) is 5.00. The molecule has 0 amide bonds. The van der Waals surface area contributed by atoms with E-state index in [4.69, 9.17) is 19.9 Å². The zero-order valence-electron chi connectivity index (χ0n) is 12.5. The molecule has 2 N–H and O–H groups in total. The third-order valence-corrected chi connectivity index (χ3v) is 3.40. The Labute approximate surface area is 125 Å². The van der Waals surface area contributed by atoms with Gasteiger partial charge in [0.25, 0.3) is 0 Å². The van der Waals surface area contributed by atoms with Crippen molar-refractivity contribution in [2.75, 3.05) is 27.3 Å². The van der Waals surface area contributed by atoms with Gasteiger partial charge in [-0.15, -0.1) is 11.8 Å². The molecule has 4 nitrogen and oxygen atoms in total. The summed E-state index contributed by atoms with van der Waals surface area (Å²) in [5.41, 5.74) is 7.89. The molecule has 1 atom stereocenters. The van der Waals surface area contributed by atoms with Crippen LogP contribution in [0.25, 0.3) is 6.08 Å². The molecule has 0 heterocycles. The third kappa shape index (κ3) is 5.07. The van der Waals surface area contributed by atoms with Crippen molar-refractivity contribution in [1.82, 2.24) is 0 Å².